The Morgan fingerprint density at radius 1 is 1.50 bits per heavy atom. The number of carbonyl (C=O) groups excluding carboxylic acids is 1. The standard InChI is InChI=1S/C14H28N4O2/c1-6-8-11(10-17-12(15)16-9-7-2)18-13(19)20-14(3,4)5/h7,11H,2,6,8-10H2,1,3-5H3,(H,18,19)(H3,15,16,17). The van der Waals surface area contributed by atoms with Crippen molar-refractivity contribution < 1.29 is 9.53 Å². The van der Waals surface area contributed by atoms with E-state index >= 15 is 0 Å². The second kappa shape index (κ2) is 9.23. The number of rotatable bonds is 7. The summed E-state index contributed by atoms with van der Waals surface area (Å²) in [4.78, 5) is 15.9. The lowest BCUT2D eigenvalue weighted by Crippen LogP contribution is -2.41. The zero-order valence-electron chi connectivity index (χ0n) is 13.0. The summed E-state index contributed by atoms with van der Waals surface area (Å²) in [5.41, 5.74) is 5.18. The molecule has 0 spiro atoms. The SMILES string of the molecule is C=CCNC(N)=NCC(CCC)NC(=O)OC(C)(C)C. The van der Waals surface area contributed by atoms with E-state index in [1.54, 1.807) is 6.08 Å². The Kier molecular flexibility index (Phi) is 8.43. The van der Waals surface area contributed by atoms with E-state index in [9.17, 15) is 4.79 Å². The lowest BCUT2D eigenvalue weighted by atomic mass is 10.1. The largest absolute Gasteiger partial charge is 0.444 e. The minimum atomic E-state index is -0.505. The van der Waals surface area contributed by atoms with Crippen molar-refractivity contribution in [1.29, 1.82) is 0 Å². The fourth-order valence-electron chi connectivity index (χ4n) is 1.47. The summed E-state index contributed by atoms with van der Waals surface area (Å²) >= 11 is 0. The van der Waals surface area contributed by atoms with Crippen LogP contribution in [0.4, 0.5) is 4.79 Å². The predicted octanol–water partition coefficient (Wildman–Crippen LogP) is 1.77. The number of guanidine groups is 1. The van der Waals surface area contributed by atoms with Gasteiger partial charge in [-0.3, -0.25) is 4.99 Å². The third-order valence-electron chi connectivity index (χ3n) is 2.27. The van der Waals surface area contributed by atoms with Crippen LogP contribution >= 0.6 is 0 Å². The van der Waals surface area contributed by atoms with Crippen LogP contribution in [0.15, 0.2) is 17.6 Å². The molecule has 4 N–H and O–H groups in total. The summed E-state index contributed by atoms with van der Waals surface area (Å²) in [6, 6.07) is -0.0843. The van der Waals surface area contributed by atoms with Gasteiger partial charge in [-0.25, -0.2) is 4.79 Å². The van der Waals surface area contributed by atoms with Crippen molar-refractivity contribution in [3.8, 4) is 0 Å². The molecule has 0 rings (SSSR count). The summed E-state index contributed by atoms with van der Waals surface area (Å²) < 4.78 is 5.23. The molecule has 0 heterocycles. The van der Waals surface area contributed by atoms with E-state index in [-0.39, 0.29) is 6.04 Å². The van der Waals surface area contributed by atoms with Crippen molar-refractivity contribution in [2.45, 2.75) is 52.2 Å². The lowest BCUT2D eigenvalue weighted by molar-refractivity contribution is 0.0503. The molecule has 116 valence electrons. The van der Waals surface area contributed by atoms with Crippen molar-refractivity contribution in [3.63, 3.8) is 0 Å². The van der Waals surface area contributed by atoms with Gasteiger partial charge in [-0.05, 0) is 27.2 Å². The first-order valence-electron chi connectivity index (χ1n) is 6.92. The maximum atomic E-state index is 11.7. The van der Waals surface area contributed by atoms with Crippen molar-refractivity contribution >= 4 is 12.1 Å². The lowest BCUT2D eigenvalue weighted by Gasteiger charge is -2.22. The second-order valence-corrected chi connectivity index (χ2v) is 5.53. The van der Waals surface area contributed by atoms with E-state index in [1.165, 1.54) is 0 Å². The van der Waals surface area contributed by atoms with Gasteiger partial charge in [-0.15, -0.1) is 6.58 Å². The first kappa shape index (κ1) is 18.3. The minimum absolute atomic E-state index is 0.0843. The van der Waals surface area contributed by atoms with Crippen LogP contribution in [-0.4, -0.2) is 36.8 Å². The first-order chi connectivity index (χ1) is 9.28. The minimum Gasteiger partial charge on any atom is -0.444 e. The van der Waals surface area contributed by atoms with Crippen molar-refractivity contribution in [2.24, 2.45) is 10.7 Å². The van der Waals surface area contributed by atoms with Crippen LogP contribution in [0, 0.1) is 0 Å². The zero-order valence-corrected chi connectivity index (χ0v) is 13.0. The molecular formula is C14H28N4O2. The van der Waals surface area contributed by atoms with E-state index in [1.807, 2.05) is 27.7 Å². The average Bonchev–Trinajstić information content (AvgIpc) is 2.31. The molecule has 6 nitrogen and oxygen atoms in total. The Hall–Kier alpha value is -1.72. The highest BCUT2D eigenvalue weighted by molar-refractivity contribution is 5.78. The van der Waals surface area contributed by atoms with Gasteiger partial charge in [0.1, 0.15) is 5.60 Å². The Morgan fingerprint density at radius 3 is 2.65 bits per heavy atom. The summed E-state index contributed by atoms with van der Waals surface area (Å²) in [5.74, 6) is 0.344. The molecule has 1 unspecified atom stereocenters. The Morgan fingerprint density at radius 2 is 2.15 bits per heavy atom. The normalized spacial score (nSPS) is 13.5. The number of carbonyl (C=O) groups is 1. The molecule has 0 fully saturated rings. The molecule has 6 heteroatoms. The summed E-state index contributed by atoms with van der Waals surface area (Å²) in [7, 11) is 0. The molecule has 0 saturated heterocycles. The van der Waals surface area contributed by atoms with Gasteiger partial charge >= 0.3 is 6.09 Å². The molecule has 0 aliphatic rings. The summed E-state index contributed by atoms with van der Waals surface area (Å²) in [6.07, 6.45) is 3.03. The van der Waals surface area contributed by atoms with Crippen LogP contribution in [0.1, 0.15) is 40.5 Å². The van der Waals surface area contributed by atoms with Crippen molar-refractivity contribution in [1.82, 2.24) is 10.6 Å². The number of hydrogen-bond acceptors (Lipinski definition) is 3. The molecule has 0 radical (unpaired) electrons. The number of aliphatic imine (C=N–C) groups is 1. The van der Waals surface area contributed by atoms with Crippen molar-refractivity contribution in [2.75, 3.05) is 13.1 Å². The predicted molar refractivity (Wildman–Crippen MR) is 82.8 cm³/mol. The number of ether oxygens (including phenoxy) is 1. The molecule has 20 heavy (non-hydrogen) atoms. The van der Waals surface area contributed by atoms with Gasteiger partial charge in [-0.1, -0.05) is 19.4 Å². The molecule has 1 amide bonds. The summed E-state index contributed by atoms with van der Waals surface area (Å²) in [6.45, 7) is 12.1. The molecule has 0 saturated carbocycles. The smallest absolute Gasteiger partial charge is 0.407 e. The van der Waals surface area contributed by atoms with Crippen LogP contribution in [0.2, 0.25) is 0 Å². The molecule has 0 aliphatic carbocycles. The van der Waals surface area contributed by atoms with Crippen LogP contribution in [0.3, 0.4) is 0 Å². The summed E-state index contributed by atoms with van der Waals surface area (Å²) in [5, 5.41) is 5.70. The zero-order chi connectivity index (χ0) is 15.6. The van der Waals surface area contributed by atoms with E-state index in [4.69, 9.17) is 10.5 Å². The number of nitrogens with one attached hydrogen (secondary N) is 2. The molecule has 1 atom stereocenters. The van der Waals surface area contributed by atoms with E-state index < -0.39 is 11.7 Å². The number of nitrogens with zero attached hydrogens (tertiary/aromatic N) is 1. The van der Waals surface area contributed by atoms with Crippen LogP contribution < -0.4 is 16.4 Å². The number of amides is 1. The highest BCUT2D eigenvalue weighted by Gasteiger charge is 2.18. The molecule has 0 aliphatic heterocycles. The second-order valence-electron chi connectivity index (χ2n) is 5.53. The maximum absolute atomic E-state index is 11.7. The number of hydrogen-bond donors (Lipinski definition) is 3. The molecule has 0 aromatic rings. The Bertz CT molecular complexity index is 335. The van der Waals surface area contributed by atoms with Gasteiger partial charge in [0.2, 0.25) is 0 Å². The monoisotopic (exact) mass is 284 g/mol. The fraction of sp³-hybridized carbons (Fsp3) is 0.714. The maximum Gasteiger partial charge on any atom is 0.407 e. The van der Waals surface area contributed by atoms with Gasteiger partial charge in [0, 0.05) is 6.54 Å². The van der Waals surface area contributed by atoms with Crippen LogP contribution in [0.5, 0.6) is 0 Å². The Balaban J connectivity index is 4.35. The van der Waals surface area contributed by atoms with Gasteiger partial charge in [0.15, 0.2) is 5.96 Å². The highest BCUT2D eigenvalue weighted by atomic mass is 16.6. The topological polar surface area (TPSA) is 88.7 Å². The van der Waals surface area contributed by atoms with E-state index in [2.05, 4.69) is 22.2 Å². The van der Waals surface area contributed by atoms with Crippen LogP contribution in [-0.2, 0) is 4.74 Å². The fourth-order valence-corrected chi connectivity index (χ4v) is 1.47. The number of nitrogens with two attached hydrogens (primary N) is 1. The van der Waals surface area contributed by atoms with Gasteiger partial charge < -0.3 is 21.1 Å². The quantitative estimate of drug-likeness (QED) is 0.377. The third-order valence-corrected chi connectivity index (χ3v) is 2.27. The van der Waals surface area contributed by atoms with Gasteiger partial charge in [0.25, 0.3) is 0 Å². The van der Waals surface area contributed by atoms with Crippen LogP contribution in [0.25, 0.3) is 0 Å². The van der Waals surface area contributed by atoms with E-state index in [0.717, 1.165) is 12.8 Å². The highest BCUT2D eigenvalue weighted by Crippen LogP contribution is 2.07. The van der Waals surface area contributed by atoms with Crippen molar-refractivity contribution in [3.05, 3.63) is 12.7 Å². The molecule has 0 bridgehead atoms. The van der Waals surface area contributed by atoms with E-state index in [0.29, 0.717) is 19.0 Å². The van der Waals surface area contributed by atoms with Gasteiger partial charge in [-0.2, -0.15) is 0 Å². The average molecular weight is 284 g/mol. The molecular weight excluding hydrogens is 256 g/mol. The first-order valence-corrected chi connectivity index (χ1v) is 6.92. The Labute approximate surface area is 121 Å². The molecule has 0 aromatic heterocycles. The van der Waals surface area contributed by atoms with Gasteiger partial charge in [0.05, 0.1) is 12.6 Å². The third kappa shape index (κ3) is 10.2. The number of alkyl carbamates (subject to hydrolysis) is 1. The molecule has 0 aromatic carbocycles.